The zero-order chi connectivity index (χ0) is 16.2. The first-order valence-electron chi connectivity index (χ1n) is 8.10. The molecule has 2 atom stereocenters. The van der Waals surface area contributed by atoms with Gasteiger partial charge in [0.1, 0.15) is 0 Å². The molecule has 6 heteroatoms. The van der Waals surface area contributed by atoms with Crippen molar-refractivity contribution in [2.45, 2.75) is 12.8 Å². The summed E-state index contributed by atoms with van der Waals surface area (Å²) in [6, 6.07) is 7.67. The van der Waals surface area contributed by atoms with Gasteiger partial charge in [-0.2, -0.15) is 0 Å². The third kappa shape index (κ3) is 4.45. The summed E-state index contributed by atoms with van der Waals surface area (Å²) in [5.41, 5.74) is 1.16. The van der Waals surface area contributed by atoms with E-state index in [-0.39, 0.29) is 11.8 Å². The summed E-state index contributed by atoms with van der Waals surface area (Å²) in [6.45, 7) is 3.54. The Morgan fingerprint density at radius 2 is 2.00 bits per heavy atom. The lowest BCUT2D eigenvalue weighted by molar-refractivity contribution is -0.124. The summed E-state index contributed by atoms with van der Waals surface area (Å²) >= 11 is 5.85. The Morgan fingerprint density at radius 3 is 2.78 bits per heavy atom. The highest BCUT2D eigenvalue weighted by molar-refractivity contribution is 6.30. The molecule has 0 radical (unpaired) electrons. The second-order valence-corrected chi connectivity index (χ2v) is 6.89. The highest BCUT2D eigenvalue weighted by Gasteiger charge is 2.37. The number of nitrogens with one attached hydrogen (secondary N) is 2. The van der Waals surface area contributed by atoms with Crippen molar-refractivity contribution in [3.8, 4) is 0 Å². The molecule has 2 fully saturated rings. The van der Waals surface area contributed by atoms with Gasteiger partial charge in [-0.15, -0.1) is 0 Å². The van der Waals surface area contributed by atoms with Crippen molar-refractivity contribution in [2.75, 3.05) is 32.7 Å². The maximum absolute atomic E-state index is 12.1. The van der Waals surface area contributed by atoms with Crippen LogP contribution in [-0.4, -0.2) is 49.4 Å². The number of carbonyl (C=O) groups excluding carboxylic acids is 2. The van der Waals surface area contributed by atoms with Gasteiger partial charge in [0.2, 0.25) is 11.8 Å². The molecule has 0 aromatic heterocycles. The molecule has 0 aliphatic carbocycles. The van der Waals surface area contributed by atoms with Crippen LogP contribution in [0.15, 0.2) is 24.3 Å². The molecule has 2 aliphatic heterocycles. The predicted octanol–water partition coefficient (Wildman–Crippen LogP) is 1.07. The van der Waals surface area contributed by atoms with Gasteiger partial charge in [-0.1, -0.05) is 23.7 Å². The molecule has 2 heterocycles. The van der Waals surface area contributed by atoms with Crippen molar-refractivity contribution >= 4 is 23.4 Å². The highest BCUT2D eigenvalue weighted by atomic mass is 35.5. The Hall–Kier alpha value is -1.59. The molecule has 5 nitrogen and oxygen atoms in total. The van der Waals surface area contributed by atoms with E-state index in [0.717, 1.165) is 36.6 Å². The summed E-state index contributed by atoms with van der Waals surface area (Å²) in [5.74, 6) is 1.09. The number of nitrogens with zero attached hydrogens (tertiary/aromatic N) is 1. The molecular formula is C17H22ClN3O2. The fourth-order valence-electron chi connectivity index (χ4n) is 3.44. The first-order chi connectivity index (χ1) is 11.1. The van der Waals surface area contributed by atoms with Crippen LogP contribution in [0.25, 0.3) is 0 Å². The quantitative estimate of drug-likeness (QED) is 0.846. The van der Waals surface area contributed by atoms with E-state index in [1.54, 1.807) is 0 Å². The van der Waals surface area contributed by atoms with Gasteiger partial charge in [-0.3, -0.25) is 14.5 Å². The van der Waals surface area contributed by atoms with E-state index < -0.39 is 0 Å². The molecular weight excluding hydrogens is 314 g/mol. The smallest absolute Gasteiger partial charge is 0.234 e. The van der Waals surface area contributed by atoms with Gasteiger partial charge >= 0.3 is 0 Å². The fourth-order valence-corrected chi connectivity index (χ4v) is 3.57. The Kier molecular flexibility index (Phi) is 5.18. The normalized spacial score (nSPS) is 24.1. The van der Waals surface area contributed by atoms with Crippen LogP contribution in [0.1, 0.15) is 12.0 Å². The average Bonchev–Trinajstić information content (AvgIpc) is 2.90. The standard InChI is InChI=1S/C17H22ClN3O2/c18-15-3-1-12(2-4-15)5-6-19-17(23)11-21-9-13-7-16(22)20-8-14(13)10-21/h1-4,13-14H,5-11H2,(H,19,23)(H,20,22). The van der Waals surface area contributed by atoms with Gasteiger partial charge in [-0.05, 0) is 36.0 Å². The van der Waals surface area contributed by atoms with Gasteiger partial charge in [0.25, 0.3) is 0 Å². The second-order valence-electron chi connectivity index (χ2n) is 6.45. The Morgan fingerprint density at radius 1 is 1.26 bits per heavy atom. The molecule has 2 saturated heterocycles. The summed E-state index contributed by atoms with van der Waals surface area (Å²) in [5, 5.41) is 6.60. The van der Waals surface area contributed by atoms with E-state index in [1.165, 1.54) is 0 Å². The molecule has 1 aromatic rings. The first-order valence-corrected chi connectivity index (χ1v) is 8.48. The van der Waals surface area contributed by atoms with E-state index >= 15 is 0 Å². The molecule has 2 aliphatic rings. The molecule has 0 bridgehead atoms. The monoisotopic (exact) mass is 335 g/mol. The molecule has 2 unspecified atom stereocenters. The highest BCUT2D eigenvalue weighted by Crippen LogP contribution is 2.28. The fraction of sp³-hybridized carbons (Fsp3) is 0.529. The van der Waals surface area contributed by atoms with Crippen LogP contribution in [0, 0.1) is 11.8 Å². The number of carbonyl (C=O) groups is 2. The SMILES string of the molecule is O=C1CC2CN(CC(=O)NCCc3ccc(Cl)cc3)CC2CN1. The predicted molar refractivity (Wildman–Crippen MR) is 89.2 cm³/mol. The average molecular weight is 336 g/mol. The minimum Gasteiger partial charge on any atom is -0.356 e. The van der Waals surface area contributed by atoms with E-state index in [4.69, 9.17) is 11.6 Å². The summed E-state index contributed by atoms with van der Waals surface area (Å²) in [6.07, 6.45) is 1.39. The zero-order valence-electron chi connectivity index (χ0n) is 13.1. The van der Waals surface area contributed by atoms with Gasteiger partial charge in [0.15, 0.2) is 0 Å². The van der Waals surface area contributed by atoms with Crippen molar-refractivity contribution in [1.82, 2.24) is 15.5 Å². The Labute approximate surface area is 141 Å². The lowest BCUT2D eigenvalue weighted by Gasteiger charge is -2.23. The third-order valence-corrected chi connectivity index (χ3v) is 4.93. The molecule has 0 spiro atoms. The lowest BCUT2D eigenvalue weighted by atomic mass is 9.89. The molecule has 23 heavy (non-hydrogen) atoms. The minimum absolute atomic E-state index is 0.0527. The van der Waals surface area contributed by atoms with Crippen molar-refractivity contribution in [2.24, 2.45) is 11.8 Å². The van der Waals surface area contributed by atoms with Crippen LogP contribution < -0.4 is 10.6 Å². The van der Waals surface area contributed by atoms with Crippen molar-refractivity contribution in [3.63, 3.8) is 0 Å². The van der Waals surface area contributed by atoms with E-state index in [9.17, 15) is 9.59 Å². The molecule has 3 rings (SSSR count). The van der Waals surface area contributed by atoms with Crippen LogP contribution in [0.3, 0.4) is 0 Å². The van der Waals surface area contributed by atoms with Crippen LogP contribution in [0.4, 0.5) is 0 Å². The number of hydrogen-bond acceptors (Lipinski definition) is 3. The summed E-state index contributed by atoms with van der Waals surface area (Å²) in [4.78, 5) is 25.6. The Bertz CT molecular complexity index is 576. The molecule has 0 saturated carbocycles. The topological polar surface area (TPSA) is 61.4 Å². The lowest BCUT2D eigenvalue weighted by Crippen LogP contribution is -2.40. The van der Waals surface area contributed by atoms with Crippen LogP contribution in [0.2, 0.25) is 5.02 Å². The van der Waals surface area contributed by atoms with Crippen molar-refractivity contribution in [1.29, 1.82) is 0 Å². The van der Waals surface area contributed by atoms with Crippen LogP contribution in [0.5, 0.6) is 0 Å². The van der Waals surface area contributed by atoms with Gasteiger partial charge in [0, 0.05) is 37.6 Å². The number of benzene rings is 1. The van der Waals surface area contributed by atoms with E-state index in [2.05, 4.69) is 15.5 Å². The number of halogens is 1. The number of fused-ring (bicyclic) bond motifs is 1. The van der Waals surface area contributed by atoms with E-state index in [1.807, 2.05) is 24.3 Å². The largest absolute Gasteiger partial charge is 0.356 e. The molecule has 1 aromatic carbocycles. The number of amides is 2. The minimum atomic E-state index is 0.0527. The van der Waals surface area contributed by atoms with Crippen molar-refractivity contribution < 1.29 is 9.59 Å². The van der Waals surface area contributed by atoms with Gasteiger partial charge in [-0.25, -0.2) is 0 Å². The number of likely N-dealkylation sites (tertiary alicyclic amines) is 1. The molecule has 2 amide bonds. The number of rotatable bonds is 5. The third-order valence-electron chi connectivity index (χ3n) is 4.68. The first kappa shape index (κ1) is 16.3. The van der Waals surface area contributed by atoms with Crippen LogP contribution >= 0.6 is 11.6 Å². The van der Waals surface area contributed by atoms with Crippen molar-refractivity contribution in [3.05, 3.63) is 34.9 Å². The zero-order valence-corrected chi connectivity index (χ0v) is 13.8. The number of hydrogen-bond donors (Lipinski definition) is 2. The van der Waals surface area contributed by atoms with Gasteiger partial charge in [0.05, 0.1) is 6.54 Å². The maximum atomic E-state index is 12.1. The number of piperidine rings is 1. The van der Waals surface area contributed by atoms with Gasteiger partial charge < -0.3 is 10.6 Å². The second kappa shape index (κ2) is 7.32. The Balaban J connectivity index is 1.38. The molecule has 2 N–H and O–H groups in total. The van der Waals surface area contributed by atoms with Crippen LogP contribution in [-0.2, 0) is 16.0 Å². The summed E-state index contributed by atoms with van der Waals surface area (Å²) in [7, 11) is 0. The maximum Gasteiger partial charge on any atom is 0.234 e. The van der Waals surface area contributed by atoms with E-state index in [0.29, 0.717) is 31.3 Å². The molecule has 124 valence electrons. The summed E-state index contributed by atoms with van der Waals surface area (Å²) < 4.78 is 0.